The number of hydrogen-bond donors (Lipinski definition) is 0. The molecule has 92 valence electrons. The molecule has 1 heteroatoms. The third-order valence-corrected chi connectivity index (χ3v) is 5.30. The summed E-state index contributed by atoms with van der Waals surface area (Å²) >= 11 is 2.36. The van der Waals surface area contributed by atoms with E-state index in [1.54, 1.807) is 0 Å². The Hall–Kier alpha value is 0.470. The molecule has 2 fully saturated rings. The Morgan fingerprint density at radius 2 is 1.31 bits per heavy atom. The summed E-state index contributed by atoms with van der Waals surface area (Å²) in [4.78, 5) is 0. The zero-order valence-corrected chi connectivity index (χ0v) is 12.7. The van der Waals surface area contributed by atoms with Gasteiger partial charge in [-0.2, -0.15) is 0 Å². The van der Waals surface area contributed by atoms with Crippen molar-refractivity contribution < 1.29 is 0 Å². The van der Waals surface area contributed by atoms with E-state index in [0.717, 1.165) is 23.7 Å². The molecular weight excluding hydrogens is 307 g/mol. The summed E-state index contributed by atoms with van der Waals surface area (Å²) in [5.74, 6) is 4.07. The molecule has 0 radical (unpaired) electrons. The van der Waals surface area contributed by atoms with Crippen molar-refractivity contribution in [3.63, 3.8) is 0 Å². The van der Waals surface area contributed by atoms with E-state index in [2.05, 4.69) is 39.7 Å². The predicted octanol–water partition coefficient (Wildman–Crippen LogP) is 5.57. The monoisotopic (exact) mass is 332 g/mol. The first-order chi connectivity index (χ1) is 7.79. The molecule has 0 aromatic rings. The van der Waals surface area contributed by atoms with Gasteiger partial charge < -0.3 is 0 Å². The van der Waals surface area contributed by atoms with Crippen LogP contribution in [-0.2, 0) is 0 Å². The van der Waals surface area contributed by atoms with Gasteiger partial charge in [-0.3, -0.25) is 0 Å². The molecule has 0 N–H and O–H groups in total. The highest BCUT2D eigenvalue weighted by molar-refractivity contribution is 14.1. The van der Waals surface area contributed by atoms with Crippen molar-refractivity contribution in [2.45, 2.75) is 58.3 Å². The van der Waals surface area contributed by atoms with E-state index < -0.39 is 0 Å². The molecule has 0 unspecified atom stereocenters. The lowest BCUT2D eigenvalue weighted by molar-refractivity contribution is 0.160. The Morgan fingerprint density at radius 1 is 0.812 bits per heavy atom. The Balaban J connectivity index is 1.76. The van der Waals surface area contributed by atoms with Gasteiger partial charge >= 0.3 is 0 Å². The van der Waals surface area contributed by atoms with Crippen LogP contribution in [0.4, 0.5) is 0 Å². The average molecular weight is 332 g/mol. The largest absolute Gasteiger partial charge is 0.0753 e. The van der Waals surface area contributed by atoms with Crippen LogP contribution in [-0.4, -0.2) is 0 Å². The maximum atomic E-state index is 2.43. The van der Waals surface area contributed by atoms with E-state index in [0.29, 0.717) is 0 Å². The van der Waals surface area contributed by atoms with E-state index in [9.17, 15) is 0 Å². The van der Waals surface area contributed by atoms with E-state index in [1.807, 2.05) is 0 Å². The van der Waals surface area contributed by atoms with E-state index >= 15 is 0 Å². The molecule has 16 heavy (non-hydrogen) atoms. The fourth-order valence-corrected chi connectivity index (χ4v) is 4.26. The molecule has 0 heterocycles. The van der Waals surface area contributed by atoms with Crippen LogP contribution in [0.3, 0.4) is 0 Å². The maximum Gasteiger partial charge on any atom is -0.0226 e. The first-order valence-corrected chi connectivity index (χ1v) is 8.31. The molecule has 0 amide bonds. The van der Waals surface area contributed by atoms with Crippen molar-refractivity contribution in [2.24, 2.45) is 23.7 Å². The average Bonchev–Trinajstić information content (AvgIpc) is 2.32. The summed E-state index contributed by atoms with van der Waals surface area (Å²) in [7, 11) is 0. The summed E-state index contributed by atoms with van der Waals surface area (Å²) in [5.41, 5.74) is 0. The van der Waals surface area contributed by atoms with E-state index in [1.165, 1.54) is 51.4 Å². The van der Waals surface area contributed by atoms with Gasteiger partial charge in [0, 0.05) is 0 Å². The van der Waals surface area contributed by atoms with Crippen molar-refractivity contribution in [3.8, 4) is 0 Å². The highest BCUT2D eigenvalue weighted by Crippen LogP contribution is 2.41. The second-order valence-electron chi connectivity index (χ2n) is 6.01. The highest BCUT2D eigenvalue weighted by Gasteiger charge is 2.29. The summed E-state index contributed by atoms with van der Waals surface area (Å²) in [6.45, 7) is 2.43. The van der Waals surface area contributed by atoms with E-state index in [4.69, 9.17) is 0 Å². The standard InChI is InChI=1S/C15H25I/c1-12-2-6-14(7-3-12)15-8-4-13(5-9-15)10-11-16/h10-15H,2-9H2,1H3/b11-10+. The molecule has 0 spiro atoms. The minimum absolute atomic E-state index is 0.899. The van der Waals surface area contributed by atoms with Crippen molar-refractivity contribution in [1.29, 1.82) is 0 Å². The van der Waals surface area contributed by atoms with Crippen LogP contribution >= 0.6 is 22.6 Å². The lowest BCUT2D eigenvalue weighted by atomic mass is 9.69. The lowest BCUT2D eigenvalue weighted by Crippen LogP contribution is -2.24. The lowest BCUT2D eigenvalue weighted by Gasteiger charge is -2.36. The van der Waals surface area contributed by atoms with Gasteiger partial charge in [-0.1, -0.05) is 48.4 Å². The minimum atomic E-state index is 0.899. The molecule has 0 nitrogen and oxygen atoms in total. The van der Waals surface area contributed by atoms with Crippen LogP contribution in [0.25, 0.3) is 0 Å². The SMILES string of the molecule is CC1CCC(C2CCC(/C=C/I)CC2)CC1. The van der Waals surface area contributed by atoms with Crippen LogP contribution in [0.15, 0.2) is 10.2 Å². The molecule has 0 atom stereocenters. The van der Waals surface area contributed by atoms with Crippen molar-refractivity contribution in [2.75, 3.05) is 0 Å². The smallest absolute Gasteiger partial charge is 0.0226 e. The van der Waals surface area contributed by atoms with Gasteiger partial charge in [0.2, 0.25) is 0 Å². The van der Waals surface area contributed by atoms with Crippen LogP contribution in [0, 0.1) is 23.7 Å². The zero-order chi connectivity index (χ0) is 11.4. The van der Waals surface area contributed by atoms with Gasteiger partial charge in [-0.25, -0.2) is 0 Å². The molecular formula is C15H25I. The summed E-state index contributed by atoms with van der Waals surface area (Å²) < 4.78 is 2.21. The Kier molecular flexibility index (Phi) is 5.18. The molecule has 2 aliphatic carbocycles. The predicted molar refractivity (Wildman–Crippen MR) is 79.7 cm³/mol. The topological polar surface area (TPSA) is 0 Å². The molecule has 0 saturated heterocycles. The third kappa shape index (κ3) is 3.48. The zero-order valence-electron chi connectivity index (χ0n) is 10.5. The quantitative estimate of drug-likeness (QED) is 0.580. The molecule has 0 aromatic carbocycles. The highest BCUT2D eigenvalue weighted by atomic mass is 127. The number of hydrogen-bond acceptors (Lipinski definition) is 0. The third-order valence-electron chi connectivity index (χ3n) is 4.89. The fourth-order valence-electron chi connectivity index (χ4n) is 3.67. The summed E-state index contributed by atoms with van der Waals surface area (Å²) in [6.07, 6.45) is 14.4. The number of halogens is 1. The summed E-state index contributed by atoms with van der Waals surface area (Å²) in [6, 6.07) is 0. The second kappa shape index (κ2) is 6.42. The minimum Gasteiger partial charge on any atom is -0.0753 e. The molecule has 0 aromatic heterocycles. The van der Waals surface area contributed by atoms with Gasteiger partial charge in [0.25, 0.3) is 0 Å². The van der Waals surface area contributed by atoms with Crippen molar-refractivity contribution in [1.82, 2.24) is 0 Å². The normalized spacial score (nSPS) is 41.4. The number of allylic oxidation sites excluding steroid dienone is 1. The number of rotatable bonds is 2. The molecule has 2 rings (SSSR count). The first kappa shape index (κ1) is 12.9. The summed E-state index contributed by atoms with van der Waals surface area (Å²) in [5, 5.41) is 0. The van der Waals surface area contributed by atoms with Crippen molar-refractivity contribution in [3.05, 3.63) is 10.2 Å². The van der Waals surface area contributed by atoms with Gasteiger partial charge in [0.05, 0.1) is 0 Å². The molecule has 2 aliphatic rings. The van der Waals surface area contributed by atoms with Gasteiger partial charge in [0.1, 0.15) is 0 Å². The van der Waals surface area contributed by atoms with Gasteiger partial charge in [-0.05, 0) is 66.3 Å². The molecule has 0 aliphatic heterocycles. The maximum absolute atomic E-state index is 2.43. The van der Waals surface area contributed by atoms with E-state index in [-0.39, 0.29) is 0 Å². The molecule has 0 bridgehead atoms. The van der Waals surface area contributed by atoms with Crippen LogP contribution < -0.4 is 0 Å². The first-order valence-electron chi connectivity index (χ1n) is 7.06. The van der Waals surface area contributed by atoms with Crippen LogP contribution in [0.2, 0.25) is 0 Å². The Bertz CT molecular complexity index is 218. The van der Waals surface area contributed by atoms with Crippen molar-refractivity contribution >= 4 is 22.6 Å². The van der Waals surface area contributed by atoms with Gasteiger partial charge in [-0.15, -0.1) is 0 Å². The second-order valence-corrected chi connectivity index (χ2v) is 6.73. The van der Waals surface area contributed by atoms with Gasteiger partial charge in [0.15, 0.2) is 0 Å². The fraction of sp³-hybridized carbons (Fsp3) is 0.867. The van der Waals surface area contributed by atoms with Crippen LogP contribution in [0.5, 0.6) is 0 Å². The Labute approximate surface area is 114 Å². The van der Waals surface area contributed by atoms with Crippen LogP contribution in [0.1, 0.15) is 58.3 Å². The Morgan fingerprint density at radius 3 is 1.81 bits per heavy atom. The molecule has 2 saturated carbocycles.